The van der Waals surface area contributed by atoms with Crippen LogP contribution in [0.25, 0.3) is 6.08 Å². The maximum absolute atomic E-state index is 12.5. The molecule has 2 amide bonds. The van der Waals surface area contributed by atoms with Crippen molar-refractivity contribution >= 4 is 34.7 Å². The molecule has 0 spiro atoms. The highest BCUT2D eigenvalue weighted by Gasteiger charge is 2.34. The number of carbonyl (C=O) groups excluding carboxylic acids is 2. The summed E-state index contributed by atoms with van der Waals surface area (Å²) in [5.41, 5.74) is 2.74. The molecule has 0 saturated carbocycles. The fourth-order valence-corrected chi connectivity index (χ4v) is 3.35. The number of allylic oxidation sites excluding steroid dienone is 2. The summed E-state index contributed by atoms with van der Waals surface area (Å²) >= 11 is 0.906. The lowest BCUT2D eigenvalue weighted by Crippen LogP contribution is -2.27. The van der Waals surface area contributed by atoms with E-state index in [1.54, 1.807) is 30.4 Å². The Morgan fingerprint density at radius 3 is 2.48 bits per heavy atom. The summed E-state index contributed by atoms with van der Waals surface area (Å²) in [5, 5.41) is 10.4. The van der Waals surface area contributed by atoms with Crippen LogP contribution in [0.4, 0.5) is 10.5 Å². The minimum atomic E-state index is -0.460. The van der Waals surface area contributed by atoms with Crippen LogP contribution in [0, 0.1) is 17.0 Å². The fourth-order valence-electron chi connectivity index (χ4n) is 2.56. The van der Waals surface area contributed by atoms with Gasteiger partial charge in [0.05, 0.1) is 16.4 Å². The van der Waals surface area contributed by atoms with Crippen LogP contribution >= 0.6 is 11.8 Å². The summed E-state index contributed by atoms with van der Waals surface area (Å²) in [6.45, 7) is 2.19. The molecule has 1 fully saturated rings. The summed E-state index contributed by atoms with van der Waals surface area (Å²) < 4.78 is 0. The number of carbonyl (C=O) groups is 2. The molecule has 0 N–H and O–H groups in total. The van der Waals surface area contributed by atoms with Crippen molar-refractivity contribution in [3.8, 4) is 0 Å². The van der Waals surface area contributed by atoms with Gasteiger partial charge in [-0.25, -0.2) is 0 Å². The SMILES string of the molecule is Cc1ccccc1CN1C(=O)S/C(=C\C=C\c2ccc([N+](=O)[O-])cc2)C1=O. The number of rotatable bonds is 5. The Morgan fingerprint density at radius 1 is 1.11 bits per heavy atom. The van der Waals surface area contributed by atoms with E-state index in [1.807, 2.05) is 31.2 Å². The third kappa shape index (κ3) is 4.32. The van der Waals surface area contributed by atoms with Crippen molar-refractivity contribution in [2.24, 2.45) is 0 Å². The molecule has 0 atom stereocenters. The van der Waals surface area contributed by atoms with Crippen LogP contribution < -0.4 is 0 Å². The van der Waals surface area contributed by atoms with Crippen molar-refractivity contribution in [3.63, 3.8) is 0 Å². The monoisotopic (exact) mass is 380 g/mol. The molecule has 7 heteroatoms. The molecule has 136 valence electrons. The number of non-ortho nitro benzene ring substituents is 1. The van der Waals surface area contributed by atoms with Crippen molar-refractivity contribution < 1.29 is 14.5 Å². The number of nitro groups is 1. The summed E-state index contributed by atoms with van der Waals surface area (Å²) in [4.78, 5) is 36.5. The molecule has 6 nitrogen and oxygen atoms in total. The van der Waals surface area contributed by atoms with Gasteiger partial charge >= 0.3 is 0 Å². The van der Waals surface area contributed by atoms with E-state index in [9.17, 15) is 19.7 Å². The van der Waals surface area contributed by atoms with Gasteiger partial charge in [0, 0.05) is 12.1 Å². The topological polar surface area (TPSA) is 80.5 Å². The Kier molecular flexibility index (Phi) is 5.52. The van der Waals surface area contributed by atoms with E-state index < -0.39 is 4.92 Å². The quantitative estimate of drug-likeness (QED) is 0.427. The smallest absolute Gasteiger partial charge is 0.268 e. The standard InChI is InChI=1S/C20H16N2O4S/c1-14-5-2-3-7-16(14)13-21-19(23)18(27-20(21)24)8-4-6-15-9-11-17(12-10-15)22(25)26/h2-12H,13H2,1H3/b6-4+,18-8-. The van der Waals surface area contributed by atoms with Gasteiger partial charge in [-0.1, -0.05) is 36.4 Å². The third-order valence-corrected chi connectivity index (χ3v) is 5.03. The van der Waals surface area contributed by atoms with E-state index >= 15 is 0 Å². The van der Waals surface area contributed by atoms with Crippen LogP contribution in [-0.4, -0.2) is 21.0 Å². The molecule has 0 aliphatic carbocycles. The molecule has 2 aromatic carbocycles. The van der Waals surface area contributed by atoms with Gasteiger partial charge in [0.2, 0.25) is 0 Å². The van der Waals surface area contributed by atoms with Crippen LogP contribution in [0.15, 0.2) is 65.6 Å². The molecule has 0 radical (unpaired) electrons. The first-order chi connectivity index (χ1) is 13.0. The lowest BCUT2D eigenvalue weighted by atomic mass is 10.1. The Labute approximate surface area is 160 Å². The van der Waals surface area contributed by atoms with E-state index in [0.29, 0.717) is 4.91 Å². The minimum Gasteiger partial charge on any atom is -0.268 e. The highest BCUT2D eigenvalue weighted by atomic mass is 32.2. The average molecular weight is 380 g/mol. The van der Waals surface area contributed by atoms with Gasteiger partial charge in [-0.3, -0.25) is 24.6 Å². The van der Waals surface area contributed by atoms with E-state index in [0.717, 1.165) is 28.5 Å². The first-order valence-corrected chi connectivity index (χ1v) is 8.98. The summed E-state index contributed by atoms with van der Waals surface area (Å²) in [6.07, 6.45) is 4.97. The van der Waals surface area contributed by atoms with Gasteiger partial charge in [0.1, 0.15) is 0 Å². The zero-order valence-corrected chi connectivity index (χ0v) is 15.3. The first kappa shape index (κ1) is 18.6. The Morgan fingerprint density at radius 2 is 1.81 bits per heavy atom. The van der Waals surface area contributed by atoms with E-state index in [-0.39, 0.29) is 23.4 Å². The first-order valence-electron chi connectivity index (χ1n) is 8.16. The summed E-state index contributed by atoms with van der Waals surface area (Å²) in [6, 6.07) is 13.7. The maximum atomic E-state index is 12.5. The van der Waals surface area contributed by atoms with E-state index in [1.165, 1.54) is 17.0 Å². The molecule has 0 aromatic heterocycles. The highest BCUT2D eigenvalue weighted by Crippen LogP contribution is 2.32. The van der Waals surface area contributed by atoms with Crippen LogP contribution in [0.2, 0.25) is 0 Å². The van der Waals surface area contributed by atoms with Gasteiger partial charge in [0.15, 0.2) is 0 Å². The normalized spacial score (nSPS) is 15.9. The zero-order valence-electron chi connectivity index (χ0n) is 14.5. The van der Waals surface area contributed by atoms with Gasteiger partial charge < -0.3 is 0 Å². The number of benzene rings is 2. The second-order valence-corrected chi connectivity index (χ2v) is 6.92. The Balaban J connectivity index is 1.70. The Bertz CT molecular complexity index is 964. The lowest BCUT2D eigenvalue weighted by molar-refractivity contribution is -0.384. The number of aryl methyl sites for hydroxylation is 1. The summed E-state index contributed by atoms with van der Waals surface area (Å²) in [7, 11) is 0. The largest absolute Gasteiger partial charge is 0.293 e. The molecule has 1 heterocycles. The predicted octanol–water partition coefficient (Wildman–Crippen LogP) is 4.70. The molecule has 27 heavy (non-hydrogen) atoms. The molecular weight excluding hydrogens is 364 g/mol. The number of imide groups is 1. The molecule has 1 aliphatic rings. The predicted molar refractivity (Wildman–Crippen MR) is 105 cm³/mol. The number of nitrogens with zero attached hydrogens (tertiary/aromatic N) is 2. The van der Waals surface area contributed by atoms with Gasteiger partial charge in [-0.15, -0.1) is 0 Å². The van der Waals surface area contributed by atoms with Gasteiger partial charge in [-0.05, 0) is 53.6 Å². The van der Waals surface area contributed by atoms with Crippen molar-refractivity contribution in [2.45, 2.75) is 13.5 Å². The van der Waals surface area contributed by atoms with Crippen molar-refractivity contribution in [2.75, 3.05) is 0 Å². The number of hydrogen-bond donors (Lipinski definition) is 0. The number of amides is 2. The van der Waals surface area contributed by atoms with Crippen LogP contribution in [0.1, 0.15) is 16.7 Å². The van der Waals surface area contributed by atoms with E-state index in [2.05, 4.69) is 0 Å². The third-order valence-electron chi connectivity index (χ3n) is 4.10. The number of thioether (sulfide) groups is 1. The van der Waals surface area contributed by atoms with Crippen LogP contribution in [0.3, 0.4) is 0 Å². The van der Waals surface area contributed by atoms with Crippen molar-refractivity contribution in [1.29, 1.82) is 0 Å². The second kappa shape index (κ2) is 8.01. The van der Waals surface area contributed by atoms with Crippen LogP contribution in [0.5, 0.6) is 0 Å². The Hall–Kier alpha value is -3.19. The number of hydrogen-bond acceptors (Lipinski definition) is 5. The van der Waals surface area contributed by atoms with E-state index in [4.69, 9.17) is 0 Å². The molecular formula is C20H16N2O4S. The summed E-state index contributed by atoms with van der Waals surface area (Å²) in [5.74, 6) is -0.318. The van der Waals surface area contributed by atoms with Crippen molar-refractivity contribution in [3.05, 3.63) is 92.4 Å². The van der Waals surface area contributed by atoms with Gasteiger partial charge in [-0.2, -0.15) is 0 Å². The maximum Gasteiger partial charge on any atom is 0.293 e. The van der Waals surface area contributed by atoms with Crippen molar-refractivity contribution in [1.82, 2.24) is 4.90 Å². The average Bonchev–Trinajstić information content (AvgIpc) is 2.91. The van der Waals surface area contributed by atoms with Crippen LogP contribution in [-0.2, 0) is 11.3 Å². The number of nitro benzene ring substituents is 1. The molecule has 1 saturated heterocycles. The molecule has 2 aromatic rings. The molecule has 1 aliphatic heterocycles. The molecule has 3 rings (SSSR count). The minimum absolute atomic E-state index is 0.0180. The molecule has 0 bridgehead atoms. The highest BCUT2D eigenvalue weighted by molar-refractivity contribution is 8.18. The fraction of sp³-hybridized carbons (Fsp3) is 0.100. The molecule has 0 unspecified atom stereocenters. The zero-order chi connectivity index (χ0) is 19.4. The second-order valence-electron chi connectivity index (χ2n) is 5.92. The van der Waals surface area contributed by atoms with Gasteiger partial charge in [0.25, 0.3) is 16.8 Å². The lowest BCUT2D eigenvalue weighted by Gasteiger charge is -2.14.